The third kappa shape index (κ3) is 3.97. The fourth-order valence-corrected chi connectivity index (χ4v) is 1.40. The summed E-state index contributed by atoms with van der Waals surface area (Å²) in [6.07, 6.45) is -5.08. The maximum atomic E-state index is 12.9. The Bertz CT molecular complexity index is 475. The molecule has 0 aliphatic rings. The molecule has 0 aromatic carbocycles. The fourth-order valence-electron chi connectivity index (χ4n) is 1.40. The van der Waals surface area contributed by atoms with Gasteiger partial charge in [-0.05, 0) is 0 Å². The van der Waals surface area contributed by atoms with Crippen molar-refractivity contribution in [1.29, 1.82) is 0 Å². The lowest BCUT2D eigenvalue weighted by Gasteiger charge is -2.15. The molecule has 5 nitrogen and oxygen atoms in total. The van der Waals surface area contributed by atoms with E-state index in [0.717, 1.165) is 13.3 Å². The highest BCUT2D eigenvalue weighted by Gasteiger charge is 2.34. The zero-order valence-corrected chi connectivity index (χ0v) is 9.62. The summed E-state index contributed by atoms with van der Waals surface area (Å²) >= 11 is 0. The van der Waals surface area contributed by atoms with Gasteiger partial charge >= 0.3 is 12.3 Å². The van der Waals surface area contributed by atoms with E-state index in [0.29, 0.717) is 0 Å². The molecule has 1 heterocycles. The van der Waals surface area contributed by atoms with E-state index >= 15 is 0 Å². The van der Waals surface area contributed by atoms with Crippen LogP contribution in [0.1, 0.15) is 11.1 Å². The van der Waals surface area contributed by atoms with Crippen molar-refractivity contribution in [2.24, 2.45) is 0 Å². The molecule has 1 N–H and O–H groups in total. The molecule has 0 saturated heterocycles. The number of hydrogen-bond acceptors (Lipinski definition) is 4. The number of carboxylic acid groups (broad SMARTS) is 1. The highest BCUT2D eigenvalue weighted by atomic mass is 19.4. The number of carbonyl (C=O) groups is 1. The number of aromatic nitrogens is 1. The molecular formula is C10H9F4NO4. The van der Waals surface area contributed by atoms with E-state index in [-0.39, 0.29) is 11.3 Å². The Morgan fingerprint density at radius 1 is 1.42 bits per heavy atom. The largest absolute Gasteiger partial charge is 0.574 e. The molecule has 0 saturated carbocycles. The van der Waals surface area contributed by atoms with E-state index in [1.54, 1.807) is 0 Å². The summed E-state index contributed by atoms with van der Waals surface area (Å²) < 4.78 is 57.6. The molecule has 0 amide bonds. The van der Waals surface area contributed by atoms with Crippen LogP contribution in [0.15, 0.2) is 6.20 Å². The van der Waals surface area contributed by atoms with E-state index in [2.05, 4.69) is 9.72 Å². The standard InChI is InChI=1S/C10H9F4NO4/c1-18-7-4-15-9(19-10(12,13)14)5(2-8(16)17)6(7)3-11/h4H,2-3H2,1H3,(H,16,17). The number of hydrogen-bond donors (Lipinski definition) is 1. The summed E-state index contributed by atoms with van der Waals surface area (Å²) in [7, 11) is 1.16. The van der Waals surface area contributed by atoms with Crippen LogP contribution in [-0.4, -0.2) is 29.5 Å². The Morgan fingerprint density at radius 3 is 2.47 bits per heavy atom. The van der Waals surface area contributed by atoms with Crippen molar-refractivity contribution < 1.29 is 36.9 Å². The van der Waals surface area contributed by atoms with Crippen LogP contribution in [0.25, 0.3) is 0 Å². The summed E-state index contributed by atoms with van der Waals surface area (Å²) in [6.45, 7) is -1.21. The minimum absolute atomic E-state index is 0.145. The van der Waals surface area contributed by atoms with Crippen molar-refractivity contribution in [3.63, 3.8) is 0 Å². The number of methoxy groups -OCH3 is 1. The second kappa shape index (κ2) is 5.72. The molecule has 0 unspecified atom stereocenters. The summed E-state index contributed by atoms with van der Waals surface area (Å²) in [6, 6.07) is 0. The van der Waals surface area contributed by atoms with Crippen LogP contribution in [0, 0.1) is 0 Å². The van der Waals surface area contributed by atoms with Gasteiger partial charge in [0.05, 0.1) is 19.7 Å². The van der Waals surface area contributed by atoms with Crippen LogP contribution >= 0.6 is 0 Å². The third-order valence-corrected chi connectivity index (χ3v) is 2.11. The molecule has 1 rings (SSSR count). The number of pyridine rings is 1. The average molecular weight is 283 g/mol. The molecule has 106 valence electrons. The number of carboxylic acids is 1. The van der Waals surface area contributed by atoms with Crippen LogP contribution in [0.4, 0.5) is 17.6 Å². The Labute approximate surface area is 104 Å². The van der Waals surface area contributed by atoms with Gasteiger partial charge in [0.1, 0.15) is 12.4 Å². The van der Waals surface area contributed by atoms with E-state index in [4.69, 9.17) is 9.84 Å². The highest BCUT2D eigenvalue weighted by molar-refractivity contribution is 5.72. The van der Waals surface area contributed by atoms with E-state index in [1.165, 1.54) is 0 Å². The number of ether oxygens (including phenoxy) is 2. The first kappa shape index (κ1) is 15.0. The Morgan fingerprint density at radius 2 is 2.05 bits per heavy atom. The lowest BCUT2D eigenvalue weighted by atomic mass is 10.1. The topological polar surface area (TPSA) is 68.7 Å². The first-order valence-electron chi connectivity index (χ1n) is 4.86. The first-order chi connectivity index (χ1) is 8.78. The van der Waals surface area contributed by atoms with Crippen LogP contribution < -0.4 is 9.47 Å². The number of rotatable bonds is 5. The van der Waals surface area contributed by atoms with Crippen LogP contribution in [0.5, 0.6) is 11.6 Å². The van der Waals surface area contributed by atoms with Crippen LogP contribution in [0.2, 0.25) is 0 Å². The molecule has 19 heavy (non-hydrogen) atoms. The molecule has 0 spiro atoms. The molecule has 0 aliphatic carbocycles. The smallest absolute Gasteiger partial charge is 0.495 e. The maximum Gasteiger partial charge on any atom is 0.574 e. The summed E-state index contributed by atoms with van der Waals surface area (Å²) in [4.78, 5) is 13.9. The molecule has 1 aromatic heterocycles. The van der Waals surface area contributed by atoms with Gasteiger partial charge < -0.3 is 14.6 Å². The molecule has 0 aliphatic heterocycles. The second-order valence-electron chi connectivity index (χ2n) is 3.34. The van der Waals surface area contributed by atoms with E-state index in [9.17, 15) is 22.4 Å². The van der Waals surface area contributed by atoms with Crippen molar-refractivity contribution >= 4 is 5.97 Å². The Hall–Kier alpha value is -2.06. The average Bonchev–Trinajstić information content (AvgIpc) is 2.28. The molecule has 1 aromatic rings. The van der Waals surface area contributed by atoms with Gasteiger partial charge in [0, 0.05) is 11.1 Å². The van der Waals surface area contributed by atoms with Crippen LogP contribution in [-0.2, 0) is 17.9 Å². The Balaban J connectivity index is 3.33. The molecule has 9 heteroatoms. The van der Waals surface area contributed by atoms with Gasteiger partial charge in [0.2, 0.25) is 5.88 Å². The maximum absolute atomic E-state index is 12.9. The van der Waals surface area contributed by atoms with Crippen molar-refractivity contribution in [1.82, 2.24) is 4.98 Å². The minimum atomic E-state index is -5.05. The lowest BCUT2D eigenvalue weighted by molar-refractivity contribution is -0.276. The van der Waals surface area contributed by atoms with E-state index < -0.39 is 36.9 Å². The molecule has 0 radical (unpaired) electrons. The van der Waals surface area contributed by atoms with Crippen molar-refractivity contribution in [3.8, 4) is 11.6 Å². The molecule has 0 fully saturated rings. The summed E-state index contributed by atoms with van der Waals surface area (Å²) in [5.41, 5.74) is -0.842. The predicted octanol–water partition coefficient (Wildman–Crippen LogP) is 2.09. The number of nitrogens with zero attached hydrogens (tertiary/aromatic N) is 1. The van der Waals surface area contributed by atoms with Gasteiger partial charge in [0.25, 0.3) is 0 Å². The second-order valence-corrected chi connectivity index (χ2v) is 3.34. The van der Waals surface area contributed by atoms with Crippen molar-refractivity contribution in [2.45, 2.75) is 19.5 Å². The highest BCUT2D eigenvalue weighted by Crippen LogP contribution is 2.32. The van der Waals surface area contributed by atoms with Crippen molar-refractivity contribution in [3.05, 3.63) is 17.3 Å². The zero-order valence-electron chi connectivity index (χ0n) is 9.62. The van der Waals surface area contributed by atoms with Crippen molar-refractivity contribution in [2.75, 3.05) is 7.11 Å². The summed E-state index contributed by atoms with van der Waals surface area (Å²) in [5, 5.41) is 8.65. The third-order valence-electron chi connectivity index (χ3n) is 2.11. The van der Waals surface area contributed by atoms with E-state index in [1.807, 2.05) is 0 Å². The van der Waals surface area contributed by atoms with Gasteiger partial charge in [-0.1, -0.05) is 0 Å². The van der Waals surface area contributed by atoms with Crippen LogP contribution in [0.3, 0.4) is 0 Å². The lowest BCUT2D eigenvalue weighted by Crippen LogP contribution is -2.20. The number of alkyl halides is 4. The van der Waals surface area contributed by atoms with Gasteiger partial charge in [-0.25, -0.2) is 9.37 Å². The monoisotopic (exact) mass is 283 g/mol. The molecular weight excluding hydrogens is 274 g/mol. The number of halogens is 4. The number of aliphatic carboxylic acids is 1. The Kier molecular flexibility index (Phi) is 4.52. The molecule has 0 bridgehead atoms. The fraction of sp³-hybridized carbons (Fsp3) is 0.400. The van der Waals surface area contributed by atoms with Gasteiger partial charge in [0.15, 0.2) is 0 Å². The normalized spacial score (nSPS) is 11.2. The molecule has 0 atom stereocenters. The first-order valence-corrected chi connectivity index (χ1v) is 4.86. The minimum Gasteiger partial charge on any atom is -0.495 e. The SMILES string of the molecule is COc1cnc(OC(F)(F)F)c(CC(=O)O)c1CF. The quantitative estimate of drug-likeness (QED) is 0.838. The van der Waals surface area contributed by atoms with Gasteiger partial charge in [-0.3, -0.25) is 4.79 Å². The summed E-state index contributed by atoms with van der Waals surface area (Å²) in [5.74, 6) is -2.59. The van der Waals surface area contributed by atoms with Gasteiger partial charge in [-0.2, -0.15) is 0 Å². The van der Waals surface area contributed by atoms with Gasteiger partial charge in [-0.15, -0.1) is 13.2 Å². The predicted molar refractivity (Wildman–Crippen MR) is 53.6 cm³/mol. The zero-order chi connectivity index (χ0) is 14.6.